The lowest BCUT2D eigenvalue weighted by Crippen LogP contribution is -2.42. The van der Waals surface area contributed by atoms with Crippen molar-refractivity contribution in [1.82, 2.24) is 5.32 Å². The summed E-state index contributed by atoms with van der Waals surface area (Å²) in [4.78, 5) is 23.9. The van der Waals surface area contributed by atoms with E-state index in [2.05, 4.69) is 5.32 Å². The Balaban J connectivity index is 4.88. The van der Waals surface area contributed by atoms with E-state index in [9.17, 15) is 9.59 Å². The van der Waals surface area contributed by atoms with Crippen molar-refractivity contribution < 1.29 is 9.59 Å². The molecule has 0 fully saturated rings. The zero-order valence-corrected chi connectivity index (χ0v) is 17.4. The molecule has 0 heterocycles. The van der Waals surface area contributed by atoms with Gasteiger partial charge in [-0.15, -0.1) is 0 Å². The van der Waals surface area contributed by atoms with E-state index < -0.39 is 31.4 Å². The number of Topliss-reactive ketones (excluding diaryl/α,β-unsaturated/α-hetero) is 1. The summed E-state index contributed by atoms with van der Waals surface area (Å²) >= 11 is 34.6. The zero-order valence-electron chi connectivity index (χ0n) is 12.9. The molecule has 0 aliphatic heterocycles. The van der Waals surface area contributed by atoms with E-state index in [0.29, 0.717) is 0 Å². The van der Waals surface area contributed by atoms with Crippen LogP contribution in [-0.4, -0.2) is 25.3 Å². The van der Waals surface area contributed by atoms with Crippen molar-refractivity contribution >= 4 is 81.3 Å². The largest absolute Gasteiger partial charge is 0.343 e. The minimum atomic E-state index is -1.52. The van der Waals surface area contributed by atoms with Gasteiger partial charge >= 0.3 is 0 Å². The Labute approximate surface area is 166 Å². The molecule has 9 heteroatoms. The molecule has 0 radical (unpaired) electrons. The molecule has 0 aromatic carbocycles. The van der Waals surface area contributed by atoms with Gasteiger partial charge in [-0.3, -0.25) is 9.59 Å². The lowest BCUT2D eigenvalue weighted by atomic mass is 9.98. The van der Waals surface area contributed by atoms with Crippen LogP contribution in [0.4, 0.5) is 0 Å². The third-order valence-electron chi connectivity index (χ3n) is 3.25. The Morgan fingerprint density at radius 1 is 1.04 bits per heavy atom. The predicted octanol–water partition coefficient (Wildman–Crippen LogP) is 5.41. The predicted molar refractivity (Wildman–Crippen MR) is 99.9 cm³/mol. The van der Waals surface area contributed by atoms with Crippen molar-refractivity contribution in [1.29, 1.82) is 0 Å². The molecule has 3 atom stereocenters. The number of rotatable bonds is 7. The monoisotopic (exact) mass is 443 g/mol. The number of halogens is 6. The highest BCUT2D eigenvalue weighted by Crippen LogP contribution is 2.37. The average molecular weight is 446 g/mol. The maximum atomic E-state index is 12.0. The fourth-order valence-corrected chi connectivity index (χ4v) is 2.05. The maximum absolute atomic E-state index is 12.0. The number of nitrogens with one attached hydrogen (secondary N) is 1. The molecule has 1 N–H and O–H groups in total. The van der Waals surface area contributed by atoms with Gasteiger partial charge in [0.1, 0.15) is 0 Å². The Morgan fingerprint density at radius 3 is 1.96 bits per heavy atom. The number of ketones is 1. The molecule has 0 aliphatic carbocycles. The summed E-state index contributed by atoms with van der Waals surface area (Å²) < 4.78 is -3.03. The highest BCUT2D eigenvalue weighted by Gasteiger charge is 2.33. The molecule has 23 heavy (non-hydrogen) atoms. The van der Waals surface area contributed by atoms with Crippen LogP contribution in [0.5, 0.6) is 0 Å². The van der Waals surface area contributed by atoms with Crippen LogP contribution in [0.1, 0.15) is 33.6 Å². The second-order valence-corrected chi connectivity index (χ2v) is 9.99. The SMILES string of the molecule is CCC(=O)[C@H](C[C@H](C)C(Cl)(Cl)Cl)NC(=O)/C=C/[C@H](C)C(Cl)(Cl)Cl. The second-order valence-electron chi connectivity index (χ2n) is 5.25. The summed E-state index contributed by atoms with van der Waals surface area (Å²) in [6.07, 6.45) is 3.14. The highest BCUT2D eigenvalue weighted by molar-refractivity contribution is 6.68. The van der Waals surface area contributed by atoms with Crippen LogP contribution in [0.25, 0.3) is 0 Å². The second kappa shape index (κ2) is 9.94. The fraction of sp³-hybridized carbons (Fsp3) is 0.714. The molecule has 0 rings (SSSR count). The Kier molecular flexibility index (Phi) is 10.2. The highest BCUT2D eigenvalue weighted by atomic mass is 35.6. The normalized spacial score (nSPS) is 16.9. The van der Waals surface area contributed by atoms with Gasteiger partial charge in [-0.25, -0.2) is 0 Å². The number of alkyl halides is 6. The summed E-state index contributed by atoms with van der Waals surface area (Å²) in [6, 6.07) is -0.745. The molecular formula is C14H19Cl6NO2. The number of carbonyl (C=O) groups excluding carboxylic acids is 2. The van der Waals surface area contributed by atoms with Gasteiger partial charge in [-0.05, 0) is 12.5 Å². The van der Waals surface area contributed by atoms with E-state index in [1.807, 2.05) is 0 Å². The van der Waals surface area contributed by atoms with Gasteiger partial charge in [0.15, 0.2) is 13.4 Å². The van der Waals surface area contributed by atoms with Gasteiger partial charge in [0.2, 0.25) is 5.91 Å². The van der Waals surface area contributed by atoms with Crippen LogP contribution in [0.15, 0.2) is 12.2 Å². The summed E-state index contributed by atoms with van der Waals surface area (Å²) in [7, 11) is 0. The van der Waals surface area contributed by atoms with E-state index in [1.165, 1.54) is 12.2 Å². The molecule has 0 saturated heterocycles. The first-order valence-corrected chi connectivity index (χ1v) is 9.20. The quantitative estimate of drug-likeness (QED) is 0.420. The molecule has 0 spiro atoms. The number of allylic oxidation sites excluding steroid dienone is 1. The van der Waals surface area contributed by atoms with Gasteiger partial charge in [0.05, 0.1) is 6.04 Å². The van der Waals surface area contributed by atoms with Gasteiger partial charge in [-0.1, -0.05) is 96.5 Å². The topological polar surface area (TPSA) is 46.2 Å². The van der Waals surface area contributed by atoms with Crippen molar-refractivity contribution in [3.8, 4) is 0 Å². The van der Waals surface area contributed by atoms with Gasteiger partial charge in [0.25, 0.3) is 0 Å². The average Bonchev–Trinajstić information content (AvgIpc) is 2.40. The summed E-state index contributed by atoms with van der Waals surface area (Å²) in [5.74, 6) is -1.52. The van der Waals surface area contributed by atoms with Crippen molar-refractivity contribution in [3.05, 3.63) is 12.2 Å². The molecule has 3 nitrogen and oxygen atoms in total. The molecule has 1 amide bonds. The van der Waals surface area contributed by atoms with E-state index in [-0.39, 0.29) is 18.6 Å². The Hall–Kier alpha value is 0.620. The van der Waals surface area contributed by atoms with Crippen LogP contribution in [0.3, 0.4) is 0 Å². The lowest BCUT2D eigenvalue weighted by Gasteiger charge is -2.25. The minimum absolute atomic E-state index is 0.151. The maximum Gasteiger partial charge on any atom is 0.244 e. The van der Waals surface area contributed by atoms with Crippen LogP contribution in [-0.2, 0) is 9.59 Å². The summed E-state index contributed by atoms with van der Waals surface area (Å²) in [5.41, 5.74) is 0. The van der Waals surface area contributed by atoms with Crippen molar-refractivity contribution in [3.63, 3.8) is 0 Å². The van der Waals surface area contributed by atoms with E-state index in [1.54, 1.807) is 20.8 Å². The first kappa shape index (κ1) is 23.6. The van der Waals surface area contributed by atoms with E-state index in [4.69, 9.17) is 69.6 Å². The van der Waals surface area contributed by atoms with E-state index in [0.717, 1.165) is 0 Å². The third-order valence-corrected chi connectivity index (χ3v) is 5.40. The zero-order chi connectivity index (χ0) is 18.4. The minimum Gasteiger partial charge on any atom is -0.343 e. The van der Waals surface area contributed by atoms with Gasteiger partial charge < -0.3 is 5.32 Å². The number of hydrogen-bond acceptors (Lipinski definition) is 2. The van der Waals surface area contributed by atoms with E-state index >= 15 is 0 Å². The molecule has 0 bridgehead atoms. The fourth-order valence-electron chi connectivity index (χ4n) is 1.57. The van der Waals surface area contributed by atoms with Crippen LogP contribution in [0, 0.1) is 11.8 Å². The number of hydrogen-bond donors (Lipinski definition) is 1. The van der Waals surface area contributed by atoms with Crippen LogP contribution >= 0.6 is 69.6 Å². The summed E-state index contributed by atoms with van der Waals surface area (Å²) in [6.45, 7) is 5.04. The smallest absolute Gasteiger partial charge is 0.244 e. The summed E-state index contributed by atoms with van der Waals surface area (Å²) in [5, 5.41) is 2.60. The number of carbonyl (C=O) groups is 2. The first-order chi connectivity index (χ1) is 10.3. The molecule has 0 aromatic heterocycles. The molecule has 0 aromatic rings. The third kappa shape index (κ3) is 9.62. The number of amides is 1. The molecule has 0 aliphatic rings. The van der Waals surface area contributed by atoms with Gasteiger partial charge in [0, 0.05) is 18.3 Å². The molecule has 0 unspecified atom stereocenters. The van der Waals surface area contributed by atoms with Crippen molar-refractivity contribution in [2.24, 2.45) is 11.8 Å². The van der Waals surface area contributed by atoms with Crippen LogP contribution < -0.4 is 5.32 Å². The van der Waals surface area contributed by atoms with Crippen molar-refractivity contribution in [2.45, 2.75) is 47.2 Å². The molecule has 134 valence electrons. The van der Waals surface area contributed by atoms with Gasteiger partial charge in [-0.2, -0.15) is 0 Å². The lowest BCUT2D eigenvalue weighted by molar-refractivity contribution is -0.125. The van der Waals surface area contributed by atoms with Crippen molar-refractivity contribution in [2.75, 3.05) is 0 Å². The molecule has 0 saturated carbocycles. The standard InChI is InChI=1S/C14H19Cl6NO2/c1-4-11(22)10(7-9(3)14(18,19)20)21-12(23)6-5-8(2)13(15,16)17/h5-6,8-10H,4,7H2,1-3H3,(H,21,23)/b6-5+/t8-,9-,10-/m0/s1. The Morgan fingerprint density at radius 2 is 1.57 bits per heavy atom. The molecular weight excluding hydrogens is 427 g/mol. The first-order valence-electron chi connectivity index (χ1n) is 6.93. The van der Waals surface area contributed by atoms with Crippen LogP contribution in [0.2, 0.25) is 0 Å². The Bertz CT molecular complexity index is 442.